The molecule has 0 saturated heterocycles. The van der Waals surface area contributed by atoms with Gasteiger partial charge in [-0.1, -0.05) is 0 Å². The molecule has 1 aliphatic heterocycles. The Balaban J connectivity index is 1.63. The molecule has 2 N–H and O–H groups in total. The predicted octanol–water partition coefficient (Wildman–Crippen LogP) is 2.04. The van der Waals surface area contributed by atoms with E-state index in [1.807, 2.05) is 0 Å². The molecule has 0 atom stereocenters. The molecule has 2 heterocycles. The van der Waals surface area contributed by atoms with Gasteiger partial charge in [0.2, 0.25) is 5.75 Å². The number of hydrogen-bond acceptors (Lipinski definition) is 5. The Labute approximate surface area is 164 Å². The van der Waals surface area contributed by atoms with Crippen molar-refractivity contribution in [2.75, 3.05) is 20.3 Å². The van der Waals surface area contributed by atoms with Crippen molar-refractivity contribution in [2.24, 2.45) is 7.05 Å². The maximum Gasteiger partial charge on any atom is 0.286 e. The van der Waals surface area contributed by atoms with Gasteiger partial charge in [-0.05, 0) is 45.8 Å². The van der Waals surface area contributed by atoms with Gasteiger partial charge in [-0.2, -0.15) is 0 Å². The average molecular weight is 436 g/mol. The number of hydrazine groups is 1. The normalized spacial score (nSPS) is 12.7. The summed E-state index contributed by atoms with van der Waals surface area (Å²) in [6, 6.07) is 5.14. The lowest BCUT2D eigenvalue weighted by Gasteiger charge is -2.20. The SMILES string of the molecule is COc1cc(/C=C/C(=O)NNC(=O)c2cc(Br)cn2C)cc2c1OCCO2. The van der Waals surface area contributed by atoms with Gasteiger partial charge in [-0.25, -0.2) is 0 Å². The largest absolute Gasteiger partial charge is 0.493 e. The van der Waals surface area contributed by atoms with Crippen LogP contribution >= 0.6 is 15.9 Å². The lowest BCUT2D eigenvalue weighted by atomic mass is 10.1. The zero-order chi connectivity index (χ0) is 19.4. The van der Waals surface area contributed by atoms with Crippen LogP contribution in [0.5, 0.6) is 17.2 Å². The van der Waals surface area contributed by atoms with E-state index in [4.69, 9.17) is 14.2 Å². The van der Waals surface area contributed by atoms with Gasteiger partial charge < -0.3 is 18.8 Å². The molecule has 1 aromatic heterocycles. The topological polar surface area (TPSA) is 90.8 Å². The van der Waals surface area contributed by atoms with E-state index in [0.717, 1.165) is 4.47 Å². The Bertz CT molecular complexity index is 889. The van der Waals surface area contributed by atoms with E-state index >= 15 is 0 Å². The molecule has 0 saturated carbocycles. The first-order chi connectivity index (χ1) is 13.0. The predicted molar refractivity (Wildman–Crippen MR) is 102 cm³/mol. The van der Waals surface area contributed by atoms with E-state index in [1.165, 1.54) is 13.2 Å². The average Bonchev–Trinajstić information content (AvgIpc) is 3.01. The van der Waals surface area contributed by atoms with Crippen molar-refractivity contribution in [3.8, 4) is 17.2 Å². The number of rotatable bonds is 4. The molecule has 0 fully saturated rings. The number of methoxy groups -OCH3 is 1. The summed E-state index contributed by atoms with van der Waals surface area (Å²) in [5.74, 6) is 0.723. The number of fused-ring (bicyclic) bond motifs is 1. The molecule has 8 nitrogen and oxygen atoms in total. The van der Waals surface area contributed by atoms with Crippen LogP contribution in [0, 0.1) is 0 Å². The number of aryl methyl sites for hydroxylation is 1. The minimum absolute atomic E-state index is 0.405. The third kappa shape index (κ3) is 4.43. The molecule has 2 amide bonds. The van der Waals surface area contributed by atoms with E-state index in [1.54, 1.807) is 42.1 Å². The third-order valence-electron chi connectivity index (χ3n) is 3.78. The zero-order valence-corrected chi connectivity index (χ0v) is 16.3. The van der Waals surface area contributed by atoms with Gasteiger partial charge in [-0.15, -0.1) is 0 Å². The number of benzene rings is 1. The van der Waals surface area contributed by atoms with Crippen LogP contribution in [0.3, 0.4) is 0 Å². The van der Waals surface area contributed by atoms with E-state index in [2.05, 4.69) is 26.8 Å². The molecule has 0 spiro atoms. The zero-order valence-electron chi connectivity index (χ0n) is 14.7. The number of carbonyl (C=O) groups excluding carboxylic acids is 2. The summed E-state index contributed by atoms with van der Waals surface area (Å²) < 4.78 is 18.8. The molecule has 0 unspecified atom stereocenters. The van der Waals surface area contributed by atoms with Crippen LogP contribution in [0.1, 0.15) is 16.1 Å². The summed E-state index contributed by atoms with van der Waals surface area (Å²) in [5, 5.41) is 0. The van der Waals surface area contributed by atoms with Gasteiger partial charge in [0.15, 0.2) is 11.5 Å². The second kappa shape index (κ2) is 8.17. The molecule has 0 aliphatic carbocycles. The number of nitrogens with one attached hydrogen (secondary N) is 2. The lowest BCUT2D eigenvalue weighted by molar-refractivity contribution is -0.117. The van der Waals surface area contributed by atoms with E-state index < -0.39 is 11.8 Å². The summed E-state index contributed by atoms with van der Waals surface area (Å²) in [6.07, 6.45) is 4.62. The highest BCUT2D eigenvalue weighted by Gasteiger charge is 2.18. The van der Waals surface area contributed by atoms with Crippen molar-refractivity contribution in [3.63, 3.8) is 0 Å². The van der Waals surface area contributed by atoms with Gasteiger partial charge in [0.1, 0.15) is 18.9 Å². The summed E-state index contributed by atoms with van der Waals surface area (Å²) in [4.78, 5) is 24.0. The second-order valence-corrected chi connectivity index (χ2v) is 6.59. The van der Waals surface area contributed by atoms with Crippen molar-refractivity contribution in [1.82, 2.24) is 15.4 Å². The molecular weight excluding hydrogens is 418 g/mol. The van der Waals surface area contributed by atoms with Crippen LogP contribution in [0.4, 0.5) is 0 Å². The molecule has 2 aromatic rings. The number of ether oxygens (including phenoxy) is 3. The molecule has 27 heavy (non-hydrogen) atoms. The Morgan fingerprint density at radius 2 is 2.00 bits per heavy atom. The number of amides is 2. The number of carbonyl (C=O) groups is 2. The molecule has 0 radical (unpaired) electrons. The number of halogens is 1. The lowest BCUT2D eigenvalue weighted by Crippen LogP contribution is -2.41. The van der Waals surface area contributed by atoms with E-state index in [-0.39, 0.29) is 0 Å². The molecule has 3 rings (SSSR count). The smallest absolute Gasteiger partial charge is 0.286 e. The van der Waals surface area contributed by atoms with Crippen molar-refractivity contribution >= 4 is 33.8 Å². The monoisotopic (exact) mass is 435 g/mol. The molecule has 0 bridgehead atoms. The first kappa shape index (κ1) is 18.8. The number of hydrogen-bond donors (Lipinski definition) is 2. The van der Waals surface area contributed by atoms with Crippen molar-refractivity contribution in [1.29, 1.82) is 0 Å². The quantitative estimate of drug-likeness (QED) is 0.566. The summed E-state index contributed by atoms with van der Waals surface area (Å²) >= 11 is 3.29. The first-order valence-electron chi connectivity index (χ1n) is 8.06. The van der Waals surface area contributed by atoms with Crippen LogP contribution < -0.4 is 25.1 Å². The fourth-order valence-electron chi connectivity index (χ4n) is 2.54. The highest BCUT2D eigenvalue weighted by atomic mass is 79.9. The minimum Gasteiger partial charge on any atom is -0.493 e. The highest BCUT2D eigenvalue weighted by Crippen LogP contribution is 2.40. The van der Waals surface area contributed by atoms with Gasteiger partial charge in [0, 0.05) is 23.8 Å². The second-order valence-electron chi connectivity index (χ2n) is 5.68. The van der Waals surface area contributed by atoms with Gasteiger partial charge >= 0.3 is 0 Å². The van der Waals surface area contributed by atoms with Crippen LogP contribution in [0.25, 0.3) is 6.08 Å². The molecular formula is C18H18BrN3O5. The third-order valence-corrected chi connectivity index (χ3v) is 4.21. The standard InChI is InChI=1S/C18H18BrN3O5/c1-22-10-12(19)9-13(22)18(24)21-20-16(23)4-3-11-7-14(25-2)17-15(8-11)26-5-6-27-17/h3-4,7-10H,5-6H2,1-2H3,(H,20,23)(H,21,24)/b4-3+. The van der Waals surface area contributed by atoms with Gasteiger partial charge in [0.25, 0.3) is 11.8 Å². The molecule has 1 aliphatic rings. The molecule has 9 heteroatoms. The van der Waals surface area contributed by atoms with Crippen molar-refractivity contribution < 1.29 is 23.8 Å². The Kier molecular flexibility index (Phi) is 5.70. The van der Waals surface area contributed by atoms with E-state index in [9.17, 15) is 9.59 Å². The van der Waals surface area contributed by atoms with Gasteiger partial charge in [-0.3, -0.25) is 20.4 Å². The Morgan fingerprint density at radius 1 is 1.22 bits per heavy atom. The van der Waals surface area contributed by atoms with E-state index in [0.29, 0.717) is 41.7 Å². The summed E-state index contributed by atoms with van der Waals surface area (Å²) in [6.45, 7) is 0.906. The van der Waals surface area contributed by atoms with Crippen molar-refractivity contribution in [2.45, 2.75) is 0 Å². The maximum atomic E-state index is 12.1. The molecule has 1 aromatic carbocycles. The molecule has 142 valence electrons. The van der Waals surface area contributed by atoms with Gasteiger partial charge in [0.05, 0.1) is 7.11 Å². The first-order valence-corrected chi connectivity index (χ1v) is 8.85. The van der Waals surface area contributed by atoms with Crippen LogP contribution in [0.15, 0.2) is 34.9 Å². The highest BCUT2D eigenvalue weighted by molar-refractivity contribution is 9.10. The summed E-state index contributed by atoms with van der Waals surface area (Å²) in [5.41, 5.74) is 5.80. The Morgan fingerprint density at radius 3 is 2.70 bits per heavy atom. The van der Waals surface area contributed by atoms with Crippen LogP contribution in [-0.2, 0) is 11.8 Å². The number of aromatic nitrogens is 1. The number of nitrogens with zero attached hydrogens (tertiary/aromatic N) is 1. The minimum atomic E-state index is -0.481. The maximum absolute atomic E-state index is 12.1. The Hall–Kier alpha value is -2.94. The van der Waals surface area contributed by atoms with Crippen LogP contribution in [0.2, 0.25) is 0 Å². The fraction of sp³-hybridized carbons (Fsp3) is 0.222. The summed E-state index contributed by atoms with van der Waals surface area (Å²) in [7, 11) is 3.27. The fourth-order valence-corrected chi connectivity index (χ4v) is 3.06. The van der Waals surface area contributed by atoms with Crippen LogP contribution in [-0.4, -0.2) is 36.7 Å². The van der Waals surface area contributed by atoms with Crippen molar-refractivity contribution in [3.05, 3.63) is 46.2 Å².